The molecule has 0 saturated carbocycles. The minimum atomic E-state index is -0.545. The van der Waals surface area contributed by atoms with Gasteiger partial charge in [-0.1, -0.05) is 23.2 Å². The van der Waals surface area contributed by atoms with Crippen LogP contribution in [-0.2, 0) is 0 Å². The second-order valence-corrected chi connectivity index (χ2v) is 7.38. The monoisotopic (exact) mass is 393 g/mol. The molecule has 1 heterocycles. The topological polar surface area (TPSA) is 64.6 Å². The number of carbonyl (C=O) groups excluding carboxylic acids is 2. The fraction of sp³-hybridized carbons (Fsp3) is 0.263. The zero-order valence-corrected chi connectivity index (χ0v) is 16.0. The zero-order valence-electron chi connectivity index (χ0n) is 14.5. The van der Waals surface area contributed by atoms with Gasteiger partial charge < -0.3 is 14.8 Å². The Morgan fingerprint density at radius 1 is 1.19 bits per heavy atom. The quantitative estimate of drug-likeness (QED) is 0.796. The number of benzene rings is 2. The number of nitrogens with one attached hydrogen (secondary N) is 1. The largest absolute Gasteiger partial charge is 0.494 e. The van der Waals surface area contributed by atoms with Gasteiger partial charge in [-0.15, -0.1) is 0 Å². The summed E-state index contributed by atoms with van der Waals surface area (Å²) in [6.07, 6.45) is 0.269. The fourth-order valence-corrected chi connectivity index (χ4v) is 3.34. The third kappa shape index (κ3) is 3.50. The van der Waals surface area contributed by atoms with Crippen molar-refractivity contribution >= 4 is 40.6 Å². The second kappa shape index (κ2) is 6.82. The molecule has 0 bridgehead atoms. The molecule has 2 aromatic carbocycles. The van der Waals surface area contributed by atoms with Crippen LogP contribution in [0.25, 0.3) is 0 Å². The van der Waals surface area contributed by atoms with E-state index >= 15 is 0 Å². The Balaban J connectivity index is 1.92. The van der Waals surface area contributed by atoms with Gasteiger partial charge in [-0.05, 0) is 44.2 Å². The summed E-state index contributed by atoms with van der Waals surface area (Å²) in [4.78, 5) is 25.0. The fourth-order valence-electron chi connectivity index (χ4n) is 2.87. The molecule has 0 unspecified atom stereocenters. The van der Waals surface area contributed by atoms with Crippen molar-refractivity contribution in [2.75, 3.05) is 12.4 Å². The third-order valence-electron chi connectivity index (χ3n) is 4.00. The van der Waals surface area contributed by atoms with Crippen LogP contribution >= 0.6 is 23.2 Å². The van der Waals surface area contributed by atoms with E-state index in [1.807, 2.05) is 13.8 Å². The van der Waals surface area contributed by atoms with Crippen LogP contribution in [0.15, 0.2) is 30.3 Å². The van der Waals surface area contributed by atoms with E-state index in [1.54, 1.807) is 24.3 Å². The van der Waals surface area contributed by atoms with Crippen molar-refractivity contribution in [2.45, 2.75) is 25.9 Å². The lowest BCUT2D eigenvalue weighted by atomic mass is 9.93. The van der Waals surface area contributed by atoms with Crippen molar-refractivity contribution in [3.63, 3.8) is 0 Å². The van der Waals surface area contributed by atoms with Gasteiger partial charge in [0, 0.05) is 5.69 Å². The first-order valence-electron chi connectivity index (χ1n) is 7.91. The number of fused-ring (bicyclic) bond motifs is 1. The Morgan fingerprint density at radius 2 is 1.88 bits per heavy atom. The number of Topliss-reactive ketones (excluding diaryl/α,β-unsaturated/α-hetero) is 1. The molecule has 7 heteroatoms. The average molecular weight is 394 g/mol. The maximum absolute atomic E-state index is 12.7. The van der Waals surface area contributed by atoms with Gasteiger partial charge >= 0.3 is 0 Å². The summed E-state index contributed by atoms with van der Waals surface area (Å²) < 4.78 is 11.0. The molecule has 1 aliphatic heterocycles. The van der Waals surface area contributed by atoms with Crippen LogP contribution < -0.4 is 14.8 Å². The van der Waals surface area contributed by atoms with Crippen molar-refractivity contribution in [1.82, 2.24) is 0 Å². The van der Waals surface area contributed by atoms with Crippen molar-refractivity contribution in [3.8, 4) is 11.5 Å². The summed E-state index contributed by atoms with van der Waals surface area (Å²) in [5.74, 6) is 0.169. The van der Waals surface area contributed by atoms with Crippen LogP contribution in [0.5, 0.6) is 11.5 Å². The van der Waals surface area contributed by atoms with Crippen LogP contribution in [0, 0.1) is 0 Å². The number of carbonyl (C=O) groups is 2. The molecule has 0 radical (unpaired) electrons. The van der Waals surface area contributed by atoms with Crippen LogP contribution in [-0.4, -0.2) is 24.4 Å². The lowest BCUT2D eigenvalue weighted by molar-refractivity contribution is 0.0620. The van der Waals surface area contributed by atoms with E-state index in [-0.39, 0.29) is 33.6 Å². The van der Waals surface area contributed by atoms with Gasteiger partial charge in [-0.25, -0.2) is 0 Å². The number of ketones is 1. The van der Waals surface area contributed by atoms with E-state index < -0.39 is 11.5 Å². The summed E-state index contributed by atoms with van der Waals surface area (Å²) >= 11 is 12.2. The Bertz CT molecular complexity index is 909. The molecule has 5 nitrogen and oxygen atoms in total. The molecule has 0 spiro atoms. The van der Waals surface area contributed by atoms with E-state index in [4.69, 9.17) is 32.7 Å². The van der Waals surface area contributed by atoms with Gasteiger partial charge in [0.1, 0.15) is 16.9 Å². The van der Waals surface area contributed by atoms with Gasteiger partial charge in [-0.2, -0.15) is 0 Å². The molecule has 3 rings (SSSR count). The predicted molar refractivity (Wildman–Crippen MR) is 101 cm³/mol. The first-order valence-corrected chi connectivity index (χ1v) is 8.67. The third-order valence-corrected chi connectivity index (χ3v) is 4.61. The standard InChI is InChI=1S/C19H17Cl2NO4/c1-19(2)9-14(23)11-8-10(4-7-15(11)26-19)22-18(24)16-12(20)5-6-13(21)17(16)25-3/h4-8H,9H2,1-3H3,(H,22,24). The highest BCUT2D eigenvalue weighted by molar-refractivity contribution is 6.37. The summed E-state index contributed by atoms with van der Waals surface area (Å²) in [7, 11) is 1.41. The Kier molecular flexibility index (Phi) is 4.86. The number of ether oxygens (including phenoxy) is 2. The maximum atomic E-state index is 12.7. The predicted octanol–water partition coefficient (Wildman–Crippen LogP) is 5.00. The minimum Gasteiger partial charge on any atom is -0.494 e. The molecule has 1 aliphatic rings. The summed E-state index contributed by atoms with van der Waals surface area (Å²) in [6, 6.07) is 8.00. The van der Waals surface area contributed by atoms with Crippen molar-refractivity contribution in [2.24, 2.45) is 0 Å². The van der Waals surface area contributed by atoms with E-state index in [9.17, 15) is 9.59 Å². The summed E-state index contributed by atoms with van der Waals surface area (Å²) in [6.45, 7) is 3.72. The number of hydrogen-bond donors (Lipinski definition) is 1. The molecule has 1 N–H and O–H groups in total. The van der Waals surface area contributed by atoms with E-state index in [0.29, 0.717) is 17.0 Å². The van der Waals surface area contributed by atoms with Crippen molar-refractivity contribution < 1.29 is 19.1 Å². The van der Waals surface area contributed by atoms with Gasteiger partial charge in [0.2, 0.25) is 0 Å². The second-order valence-electron chi connectivity index (χ2n) is 6.56. The van der Waals surface area contributed by atoms with Crippen LogP contribution in [0.3, 0.4) is 0 Å². The number of methoxy groups -OCH3 is 1. The molecule has 2 aromatic rings. The Labute approximate surface area is 161 Å². The molecule has 136 valence electrons. The number of hydrogen-bond acceptors (Lipinski definition) is 4. The molecular weight excluding hydrogens is 377 g/mol. The smallest absolute Gasteiger partial charge is 0.261 e. The first kappa shape index (κ1) is 18.5. The number of rotatable bonds is 3. The number of amides is 1. The summed E-state index contributed by atoms with van der Waals surface area (Å²) in [5, 5.41) is 3.21. The summed E-state index contributed by atoms with van der Waals surface area (Å²) in [5.41, 5.74) is 0.467. The number of anilines is 1. The highest BCUT2D eigenvalue weighted by atomic mass is 35.5. The average Bonchev–Trinajstić information content (AvgIpc) is 2.56. The molecule has 0 atom stereocenters. The SMILES string of the molecule is COc1c(Cl)ccc(Cl)c1C(=O)Nc1ccc2c(c1)C(=O)CC(C)(C)O2. The first-order chi connectivity index (χ1) is 12.2. The Morgan fingerprint density at radius 3 is 2.58 bits per heavy atom. The van der Waals surface area contributed by atoms with E-state index in [2.05, 4.69) is 5.32 Å². The maximum Gasteiger partial charge on any atom is 0.261 e. The van der Waals surface area contributed by atoms with Crippen LogP contribution in [0.1, 0.15) is 41.0 Å². The van der Waals surface area contributed by atoms with Gasteiger partial charge in [-0.3, -0.25) is 9.59 Å². The van der Waals surface area contributed by atoms with Crippen molar-refractivity contribution in [1.29, 1.82) is 0 Å². The van der Waals surface area contributed by atoms with Gasteiger partial charge in [0.25, 0.3) is 5.91 Å². The molecule has 26 heavy (non-hydrogen) atoms. The Hall–Kier alpha value is -2.24. The highest BCUT2D eigenvalue weighted by Gasteiger charge is 2.32. The lowest BCUT2D eigenvalue weighted by Gasteiger charge is -2.31. The molecule has 0 aromatic heterocycles. The minimum absolute atomic E-state index is 0.0364. The van der Waals surface area contributed by atoms with Crippen molar-refractivity contribution in [3.05, 3.63) is 51.5 Å². The highest BCUT2D eigenvalue weighted by Crippen LogP contribution is 2.36. The zero-order chi connectivity index (χ0) is 19.1. The lowest BCUT2D eigenvalue weighted by Crippen LogP contribution is -2.35. The molecule has 0 fully saturated rings. The van der Waals surface area contributed by atoms with Crippen LogP contribution in [0.2, 0.25) is 10.0 Å². The van der Waals surface area contributed by atoms with Crippen LogP contribution in [0.4, 0.5) is 5.69 Å². The molecule has 0 saturated heterocycles. The number of halogens is 2. The van der Waals surface area contributed by atoms with Gasteiger partial charge in [0.05, 0.1) is 29.1 Å². The van der Waals surface area contributed by atoms with E-state index in [0.717, 1.165) is 0 Å². The van der Waals surface area contributed by atoms with E-state index in [1.165, 1.54) is 13.2 Å². The molecule has 0 aliphatic carbocycles. The normalized spacial score (nSPS) is 15.0. The molecule has 1 amide bonds. The molecular formula is C19H17Cl2NO4. The van der Waals surface area contributed by atoms with Gasteiger partial charge in [0.15, 0.2) is 11.5 Å².